The molecular formula is C22H20N4O3. The highest BCUT2D eigenvalue weighted by atomic mass is 16.2. The maximum absolute atomic E-state index is 12.7. The van der Waals surface area contributed by atoms with Crippen molar-refractivity contribution in [2.75, 3.05) is 4.90 Å². The number of aromatic nitrogens is 2. The van der Waals surface area contributed by atoms with Crippen LogP contribution in [0.1, 0.15) is 49.3 Å². The van der Waals surface area contributed by atoms with Gasteiger partial charge in [-0.2, -0.15) is 5.10 Å². The van der Waals surface area contributed by atoms with Crippen LogP contribution in [0, 0.1) is 6.92 Å². The van der Waals surface area contributed by atoms with Gasteiger partial charge in [0.05, 0.1) is 23.0 Å². The van der Waals surface area contributed by atoms with Crippen molar-refractivity contribution in [1.29, 1.82) is 0 Å². The van der Waals surface area contributed by atoms with Gasteiger partial charge in [-0.05, 0) is 44.2 Å². The summed E-state index contributed by atoms with van der Waals surface area (Å²) in [5, 5.41) is 7.14. The van der Waals surface area contributed by atoms with Crippen LogP contribution in [-0.2, 0) is 13.1 Å². The first-order valence-electron chi connectivity index (χ1n) is 9.38. The summed E-state index contributed by atoms with van der Waals surface area (Å²) in [4.78, 5) is 39.1. The van der Waals surface area contributed by atoms with Crippen LogP contribution in [0.25, 0.3) is 0 Å². The highest BCUT2D eigenvalue weighted by molar-refractivity contribution is 6.34. The van der Waals surface area contributed by atoms with Crippen LogP contribution < -0.4 is 10.2 Å². The Balaban J connectivity index is 1.53. The molecule has 29 heavy (non-hydrogen) atoms. The normalized spacial score (nSPS) is 13.0. The van der Waals surface area contributed by atoms with Gasteiger partial charge in [-0.15, -0.1) is 0 Å². The van der Waals surface area contributed by atoms with Gasteiger partial charge in [0.25, 0.3) is 17.7 Å². The van der Waals surface area contributed by atoms with Crippen molar-refractivity contribution in [3.05, 3.63) is 82.7 Å². The molecule has 0 radical (unpaired) electrons. The van der Waals surface area contributed by atoms with E-state index in [0.717, 1.165) is 22.7 Å². The second-order valence-corrected chi connectivity index (χ2v) is 6.80. The monoisotopic (exact) mass is 388 g/mol. The van der Waals surface area contributed by atoms with Gasteiger partial charge in [0.2, 0.25) is 0 Å². The van der Waals surface area contributed by atoms with Gasteiger partial charge in [0.15, 0.2) is 0 Å². The zero-order valence-electron chi connectivity index (χ0n) is 16.2. The Labute approximate surface area is 167 Å². The number of carbonyl (C=O) groups is 3. The molecule has 0 saturated carbocycles. The molecule has 1 aliphatic heterocycles. The van der Waals surface area contributed by atoms with Gasteiger partial charge in [-0.25, -0.2) is 4.90 Å². The molecule has 0 aliphatic carbocycles. The molecule has 4 rings (SSSR count). The highest BCUT2D eigenvalue weighted by Crippen LogP contribution is 2.28. The Morgan fingerprint density at radius 1 is 1.03 bits per heavy atom. The maximum atomic E-state index is 12.7. The molecule has 0 saturated heterocycles. The third kappa shape index (κ3) is 3.20. The van der Waals surface area contributed by atoms with Crippen molar-refractivity contribution in [3.63, 3.8) is 0 Å². The molecule has 0 fully saturated rings. The smallest absolute Gasteiger partial charge is 0.266 e. The third-order valence-electron chi connectivity index (χ3n) is 5.10. The van der Waals surface area contributed by atoms with E-state index >= 15 is 0 Å². The number of rotatable bonds is 5. The number of anilines is 1. The van der Waals surface area contributed by atoms with Crippen LogP contribution in [0.5, 0.6) is 0 Å². The molecule has 2 aromatic carbocycles. The first kappa shape index (κ1) is 18.6. The van der Waals surface area contributed by atoms with Crippen molar-refractivity contribution >= 4 is 23.4 Å². The zero-order valence-corrected chi connectivity index (χ0v) is 16.2. The van der Waals surface area contributed by atoms with Gasteiger partial charge in [0, 0.05) is 29.9 Å². The Bertz CT molecular complexity index is 1100. The lowest BCUT2D eigenvalue weighted by Crippen LogP contribution is -2.30. The summed E-state index contributed by atoms with van der Waals surface area (Å²) in [7, 11) is 0. The lowest BCUT2D eigenvalue weighted by Gasteiger charge is -2.15. The van der Waals surface area contributed by atoms with E-state index in [1.165, 1.54) is 0 Å². The van der Waals surface area contributed by atoms with Gasteiger partial charge in [-0.3, -0.25) is 19.1 Å². The number of hydrogen-bond donors (Lipinski definition) is 1. The quantitative estimate of drug-likeness (QED) is 0.681. The van der Waals surface area contributed by atoms with Crippen LogP contribution in [0.2, 0.25) is 0 Å². The number of nitrogens with zero attached hydrogens (tertiary/aromatic N) is 3. The minimum atomic E-state index is -0.384. The summed E-state index contributed by atoms with van der Waals surface area (Å²) < 4.78 is 1.87. The molecular weight excluding hydrogens is 368 g/mol. The number of imide groups is 1. The minimum absolute atomic E-state index is 0.285. The van der Waals surface area contributed by atoms with E-state index < -0.39 is 0 Å². The fourth-order valence-corrected chi connectivity index (χ4v) is 3.47. The number of benzene rings is 2. The molecule has 1 aliphatic rings. The van der Waals surface area contributed by atoms with E-state index in [-0.39, 0.29) is 17.7 Å². The molecule has 1 N–H and O–H groups in total. The fourth-order valence-electron chi connectivity index (χ4n) is 3.47. The van der Waals surface area contributed by atoms with E-state index in [0.29, 0.717) is 28.9 Å². The van der Waals surface area contributed by atoms with Gasteiger partial charge in [0.1, 0.15) is 0 Å². The number of fused-ring (bicyclic) bond motifs is 1. The Hall–Kier alpha value is -3.74. The lowest BCUT2D eigenvalue weighted by atomic mass is 10.1. The highest BCUT2D eigenvalue weighted by Gasteiger charge is 2.36. The van der Waals surface area contributed by atoms with Crippen LogP contribution >= 0.6 is 0 Å². The standard InChI is InChI=1S/C22H20N4O3/c1-3-25-14(2)16(13-24-25)12-23-20(27)15-7-6-8-17(11-15)26-21(28)18-9-4-5-10-19(18)22(26)29/h4-11,13H,3,12H2,1-2H3,(H,23,27). The van der Waals surface area contributed by atoms with Gasteiger partial charge < -0.3 is 5.32 Å². The Morgan fingerprint density at radius 3 is 2.34 bits per heavy atom. The Kier molecular flexibility index (Phi) is 4.72. The van der Waals surface area contributed by atoms with Gasteiger partial charge in [-0.1, -0.05) is 18.2 Å². The average molecular weight is 388 g/mol. The van der Waals surface area contributed by atoms with Crippen LogP contribution in [0.4, 0.5) is 5.69 Å². The summed E-state index contributed by atoms with van der Waals surface area (Å²) >= 11 is 0. The molecule has 0 unspecified atom stereocenters. The number of nitrogens with one attached hydrogen (secondary N) is 1. The number of amides is 3. The lowest BCUT2D eigenvalue weighted by molar-refractivity contribution is 0.0919. The predicted molar refractivity (Wildman–Crippen MR) is 108 cm³/mol. The van der Waals surface area contributed by atoms with E-state index in [1.807, 2.05) is 18.5 Å². The predicted octanol–water partition coefficient (Wildman–Crippen LogP) is 2.94. The van der Waals surface area contributed by atoms with Gasteiger partial charge >= 0.3 is 0 Å². The topological polar surface area (TPSA) is 84.3 Å². The van der Waals surface area contributed by atoms with E-state index in [2.05, 4.69) is 10.4 Å². The van der Waals surface area contributed by atoms with Crippen molar-refractivity contribution in [1.82, 2.24) is 15.1 Å². The average Bonchev–Trinajstić information content (AvgIpc) is 3.23. The molecule has 7 heteroatoms. The SMILES string of the molecule is CCn1ncc(CNC(=O)c2cccc(N3C(=O)c4ccccc4C3=O)c2)c1C. The van der Waals surface area contributed by atoms with Crippen molar-refractivity contribution in [3.8, 4) is 0 Å². The second-order valence-electron chi connectivity index (χ2n) is 6.80. The first-order chi connectivity index (χ1) is 14.0. The van der Waals surface area contributed by atoms with Crippen LogP contribution in [0.3, 0.4) is 0 Å². The fraction of sp³-hybridized carbons (Fsp3) is 0.182. The number of aryl methyl sites for hydroxylation is 1. The van der Waals surface area contributed by atoms with Crippen molar-refractivity contribution < 1.29 is 14.4 Å². The van der Waals surface area contributed by atoms with E-state index in [1.54, 1.807) is 54.7 Å². The molecule has 0 bridgehead atoms. The molecule has 1 aromatic heterocycles. The van der Waals surface area contributed by atoms with E-state index in [4.69, 9.17) is 0 Å². The summed E-state index contributed by atoms with van der Waals surface area (Å²) in [5.41, 5.74) is 3.44. The third-order valence-corrected chi connectivity index (χ3v) is 5.10. The molecule has 3 aromatic rings. The minimum Gasteiger partial charge on any atom is -0.348 e. The summed E-state index contributed by atoms with van der Waals surface area (Å²) in [6, 6.07) is 13.2. The van der Waals surface area contributed by atoms with E-state index in [9.17, 15) is 14.4 Å². The van der Waals surface area contributed by atoms with Crippen LogP contribution in [0.15, 0.2) is 54.7 Å². The maximum Gasteiger partial charge on any atom is 0.266 e. The molecule has 0 atom stereocenters. The Morgan fingerprint density at radius 2 is 1.72 bits per heavy atom. The second kappa shape index (κ2) is 7.35. The molecule has 0 spiro atoms. The first-order valence-corrected chi connectivity index (χ1v) is 9.38. The largest absolute Gasteiger partial charge is 0.348 e. The summed E-state index contributed by atoms with van der Waals surface area (Å²) in [6.45, 7) is 5.08. The van der Waals surface area contributed by atoms with Crippen molar-refractivity contribution in [2.24, 2.45) is 0 Å². The molecule has 7 nitrogen and oxygen atoms in total. The molecule has 146 valence electrons. The molecule has 2 heterocycles. The van der Waals surface area contributed by atoms with Crippen molar-refractivity contribution in [2.45, 2.75) is 26.9 Å². The van der Waals surface area contributed by atoms with Crippen LogP contribution in [-0.4, -0.2) is 27.5 Å². The summed E-state index contributed by atoms with van der Waals surface area (Å²) in [5.74, 6) is -1.05. The number of carbonyl (C=O) groups excluding carboxylic acids is 3. The number of hydrogen-bond acceptors (Lipinski definition) is 4. The summed E-state index contributed by atoms with van der Waals surface area (Å²) in [6.07, 6.45) is 1.74. The zero-order chi connectivity index (χ0) is 20.5. The molecule has 3 amide bonds.